The Morgan fingerprint density at radius 1 is 0.848 bits per heavy atom. The number of ether oxygens (including phenoxy) is 1. The van der Waals surface area contributed by atoms with Crippen molar-refractivity contribution in [3.63, 3.8) is 0 Å². The monoisotopic (exact) mass is 452 g/mol. The zero-order valence-corrected chi connectivity index (χ0v) is 20.0. The molecule has 2 aromatic rings. The van der Waals surface area contributed by atoms with Crippen molar-refractivity contribution < 1.29 is 13.5 Å². The van der Waals surface area contributed by atoms with E-state index in [1.54, 1.807) is 0 Å². The van der Waals surface area contributed by atoms with Crippen LogP contribution in [0.4, 0.5) is 8.78 Å². The Balaban J connectivity index is 1.34. The Morgan fingerprint density at radius 2 is 1.42 bits per heavy atom. The lowest BCUT2D eigenvalue weighted by molar-refractivity contribution is 0.156. The van der Waals surface area contributed by atoms with Gasteiger partial charge < -0.3 is 4.74 Å². The first-order valence-corrected chi connectivity index (χ1v) is 12.9. The first-order chi connectivity index (χ1) is 16.1. The third-order valence-corrected chi connectivity index (χ3v) is 8.09. The molecule has 0 bridgehead atoms. The summed E-state index contributed by atoms with van der Waals surface area (Å²) in [4.78, 5) is 0. The number of hydrogen-bond acceptors (Lipinski definition) is 1. The molecule has 4 rings (SSSR count). The molecule has 0 amide bonds. The summed E-state index contributed by atoms with van der Waals surface area (Å²) in [5, 5.41) is 0. The highest BCUT2D eigenvalue weighted by atomic mass is 19.1. The van der Waals surface area contributed by atoms with E-state index in [-0.39, 0.29) is 12.4 Å². The van der Waals surface area contributed by atoms with Crippen LogP contribution in [0.3, 0.4) is 0 Å². The predicted molar refractivity (Wildman–Crippen MR) is 133 cm³/mol. The minimum Gasteiger partial charge on any atom is -0.483 e. The predicted octanol–water partition coefficient (Wildman–Crippen LogP) is 9.08. The lowest BCUT2D eigenvalue weighted by Gasteiger charge is -2.38. The fraction of sp³-hybridized carbons (Fsp3) is 0.533. The highest BCUT2D eigenvalue weighted by molar-refractivity contribution is 5.65. The maximum atomic E-state index is 14.3. The summed E-state index contributed by atoms with van der Waals surface area (Å²) in [6.07, 6.45) is 15.2. The summed E-state index contributed by atoms with van der Waals surface area (Å²) in [5.41, 5.74) is 2.71. The van der Waals surface area contributed by atoms with Gasteiger partial charge in [-0.2, -0.15) is 0 Å². The highest BCUT2D eigenvalue weighted by Gasteiger charge is 2.31. The Kier molecular flexibility index (Phi) is 8.22. The van der Waals surface area contributed by atoms with E-state index in [0.717, 1.165) is 23.3 Å². The number of rotatable bonds is 8. The van der Waals surface area contributed by atoms with Gasteiger partial charge in [0.2, 0.25) is 0 Å². The quantitative estimate of drug-likeness (QED) is 0.363. The third-order valence-electron chi connectivity index (χ3n) is 8.09. The van der Waals surface area contributed by atoms with Gasteiger partial charge in [-0.3, -0.25) is 0 Å². The minimum atomic E-state index is -0.682. The Labute approximate surface area is 198 Å². The van der Waals surface area contributed by atoms with E-state index in [9.17, 15) is 8.78 Å². The molecule has 0 saturated heterocycles. The lowest BCUT2D eigenvalue weighted by atomic mass is 9.68. The van der Waals surface area contributed by atoms with Crippen molar-refractivity contribution >= 4 is 0 Å². The van der Waals surface area contributed by atoms with Crippen LogP contribution in [0.25, 0.3) is 11.1 Å². The van der Waals surface area contributed by atoms with Crippen molar-refractivity contribution in [2.45, 2.75) is 77.0 Å². The molecule has 0 atom stereocenters. The molecule has 1 nitrogen and oxygen atoms in total. The molecule has 0 spiro atoms. The van der Waals surface area contributed by atoms with Crippen LogP contribution >= 0.6 is 0 Å². The van der Waals surface area contributed by atoms with Crippen molar-refractivity contribution in [1.82, 2.24) is 0 Å². The fourth-order valence-corrected chi connectivity index (χ4v) is 6.23. The average Bonchev–Trinajstić information content (AvgIpc) is 2.84. The maximum Gasteiger partial charge on any atom is 0.191 e. The molecule has 2 saturated carbocycles. The van der Waals surface area contributed by atoms with Crippen LogP contribution in [0.1, 0.15) is 82.6 Å². The zero-order valence-electron chi connectivity index (χ0n) is 20.0. The summed E-state index contributed by atoms with van der Waals surface area (Å²) in [6, 6.07) is 11.0. The van der Waals surface area contributed by atoms with Gasteiger partial charge in [0.05, 0.1) is 0 Å². The Morgan fingerprint density at radius 3 is 1.97 bits per heavy atom. The van der Waals surface area contributed by atoms with Gasteiger partial charge in [-0.1, -0.05) is 69.5 Å². The number of hydrogen-bond donors (Lipinski definition) is 0. The van der Waals surface area contributed by atoms with Crippen LogP contribution in [0.5, 0.6) is 5.75 Å². The van der Waals surface area contributed by atoms with Crippen LogP contribution in [0, 0.1) is 29.4 Å². The smallest absolute Gasteiger partial charge is 0.191 e. The van der Waals surface area contributed by atoms with Gasteiger partial charge in [0.1, 0.15) is 6.61 Å². The first kappa shape index (κ1) is 24.0. The number of halogens is 2. The normalized spacial score (nSPS) is 25.5. The van der Waals surface area contributed by atoms with Gasteiger partial charge in [-0.15, -0.1) is 0 Å². The summed E-state index contributed by atoms with van der Waals surface area (Å²) in [5.74, 6) is 1.75. The molecule has 2 aromatic carbocycles. The van der Waals surface area contributed by atoms with Crippen molar-refractivity contribution in [1.29, 1.82) is 0 Å². The topological polar surface area (TPSA) is 9.23 Å². The second kappa shape index (κ2) is 11.3. The van der Waals surface area contributed by atoms with Gasteiger partial charge >= 0.3 is 0 Å². The molecule has 0 aromatic heterocycles. The molecule has 0 unspecified atom stereocenters. The summed E-state index contributed by atoms with van der Waals surface area (Å²) < 4.78 is 33.8. The molecule has 2 aliphatic rings. The van der Waals surface area contributed by atoms with Crippen LogP contribution in [-0.4, -0.2) is 6.61 Å². The van der Waals surface area contributed by atoms with E-state index in [4.69, 9.17) is 4.74 Å². The molecule has 33 heavy (non-hydrogen) atoms. The molecule has 0 N–H and O–H groups in total. The van der Waals surface area contributed by atoms with Crippen molar-refractivity contribution in [3.8, 4) is 16.9 Å². The van der Waals surface area contributed by atoms with Crippen molar-refractivity contribution in [2.75, 3.05) is 6.61 Å². The standard InChI is InChI=1S/C30H38F2O/c1-3-5-21-6-8-22(9-7-21)23-10-12-24(13-11-23)25-14-16-26(17-15-25)27-19-28(31)30(29(32)20-27)33-18-4-2/h4,14-17,19-24H,2-3,5-13,18H2,1H3/t21-,22-,23-,24-. The molecule has 0 heterocycles. The summed E-state index contributed by atoms with van der Waals surface area (Å²) in [6.45, 7) is 5.90. The van der Waals surface area contributed by atoms with E-state index in [2.05, 4.69) is 25.6 Å². The van der Waals surface area contributed by atoms with Gasteiger partial charge in [-0.05, 0) is 91.0 Å². The van der Waals surface area contributed by atoms with E-state index in [1.807, 2.05) is 12.1 Å². The van der Waals surface area contributed by atoms with Gasteiger partial charge in [-0.25, -0.2) is 8.78 Å². The van der Waals surface area contributed by atoms with Gasteiger partial charge in [0.15, 0.2) is 17.4 Å². The van der Waals surface area contributed by atoms with Crippen LogP contribution in [-0.2, 0) is 0 Å². The molecule has 2 aliphatic carbocycles. The Bertz CT molecular complexity index is 880. The van der Waals surface area contributed by atoms with Gasteiger partial charge in [0, 0.05) is 0 Å². The molecule has 0 radical (unpaired) electrons. The minimum absolute atomic E-state index is 0.0737. The SMILES string of the molecule is C=CCOc1c(F)cc(-c2ccc([C@H]3CC[C@H]([C@H]4CC[C@H](CCC)CC4)CC3)cc2)cc1F. The second-order valence-electron chi connectivity index (χ2n) is 10.2. The van der Waals surface area contributed by atoms with Crippen LogP contribution in [0.2, 0.25) is 0 Å². The van der Waals surface area contributed by atoms with E-state index < -0.39 is 11.6 Å². The molecular formula is C30H38F2O. The second-order valence-corrected chi connectivity index (χ2v) is 10.2. The van der Waals surface area contributed by atoms with E-state index in [1.165, 1.54) is 88.0 Å². The van der Waals surface area contributed by atoms with Crippen molar-refractivity contribution in [2.24, 2.45) is 17.8 Å². The summed E-state index contributed by atoms with van der Waals surface area (Å²) in [7, 11) is 0. The summed E-state index contributed by atoms with van der Waals surface area (Å²) >= 11 is 0. The Hall–Kier alpha value is -2.16. The zero-order chi connectivity index (χ0) is 23.2. The van der Waals surface area contributed by atoms with E-state index in [0.29, 0.717) is 11.5 Å². The molecule has 178 valence electrons. The maximum absolute atomic E-state index is 14.3. The average molecular weight is 453 g/mol. The first-order valence-electron chi connectivity index (χ1n) is 12.9. The third kappa shape index (κ3) is 5.86. The van der Waals surface area contributed by atoms with E-state index >= 15 is 0 Å². The van der Waals surface area contributed by atoms with Crippen LogP contribution in [0.15, 0.2) is 49.1 Å². The van der Waals surface area contributed by atoms with Gasteiger partial charge in [0.25, 0.3) is 0 Å². The fourth-order valence-electron chi connectivity index (χ4n) is 6.23. The number of benzene rings is 2. The van der Waals surface area contributed by atoms with Crippen LogP contribution < -0.4 is 4.74 Å². The molecule has 3 heteroatoms. The highest BCUT2D eigenvalue weighted by Crippen LogP contribution is 2.44. The lowest BCUT2D eigenvalue weighted by Crippen LogP contribution is -2.25. The molecular weight excluding hydrogens is 414 g/mol. The molecule has 2 fully saturated rings. The largest absolute Gasteiger partial charge is 0.483 e. The van der Waals surface area contributed by atoms with Crippen molar-refractivity contribution in [3.05, 3.63) is 66.3 Å². The molecule has 0 aliphatic heterocycles.